The molecule has 0 amide bonds. The first kappa shape index (κ1) is 13.1. The lowest BCUT2D eigenvalue weighted by Crippen LogP contribution is -2.19. The molecule has 0 saturated carbocycles. The van der Waals surface area contributed by atoms with Crippen LogP contribution >= 0.6 is 11.3 Å². The van der Waals surface area contributed by atoms with Gasteiger partial charge in [-0.3, -0.25) is 4.68 Å². The molecule has 0 radical (unpaired) electrons. The van der Waals surface area contributed by atoms with Crippen LogP contribution in [0.5, 0.6) is 0 Å². The van der Waals surface area contributed by atoms with Gasteiger partial charge in [0.15, 0.2) is 0 Å². The van der Waals surface area contributed by atoms with Crippen molar-refractivity contribution in [1.82, 2.24) is 25.3 Å². The third-order valence-electron chi connectivity index (χ3n) is 2.54. The second-order valence-electron chi connectivity index (χ2n) is 3.93. The highest BCUT2D eigenvalue weighted by Crippen LogP contribution is 2.12. The summed E-state index contributed by atoms with van der Waals surface area (Å²) < 4.78 is 1.80. The van der Waals surface area contributed by atoms with Crippen LogP contribution in [0.3, 0.4) is 0 Å². The summed E-state index contributed by atoms with van der Waals surface area (Å²) >= 11 is 1.76. The Kier molecular flexibility index (Phi) is 4.80. The predicted molar refractivity (Wildman–Crippen MR) is 71.1 cm³/mol. The predicted octanol–water partition coefficient (Wildman–Crippen LogP) is 0.545. The minimum absolute atomic E-state index is 0.437. The molecule has 0 aliphatic rings. The molecule has 7 heteroatoms. The molecule has 3 N–H and O–H groups in total. The number of nitrogens with zero attached hydrogens (tertiary/aromatic N) is 4. The fourth-order valence-corrected chi connectivity index (χ4v) is 2.36. The molecule has 0 bridgehead atoms. The summed E-state index contributed by atoms with van der Waals surface area (Å²) in [5.41, 5.74) is 6.29. The van der Waals surface area contributed by atoms with Crippen LogP contribution in [-0.2, 0) is 26.1 Å². The van der Waals surface area contributed by atoms with E-state index in [0.717, 1.165) is 36.8 Å². The van der Waals surface area contributed by atoms with Gasteiger partial charge in [0.2, 0.25) is 0 Å². The largest absolute Gasteiger partial charge is 0.325 e. The second kappa shape index (κ2) is 6.58. The summed E-state index contributed by atoms with van der Waals surface area (Å²) in [6, 6.07) is 0. The lowest BCUT2D eigenvalue weighted by molar-refractivity contribution is 0.539. The molecule has 0 fully saturated rings. The fourth-order valence-electron chi connectivity index (χ4n) is 1.52. The summed E-state index contributed by atoms with van der Waals surface area (Å²) in [4.78, 5) is 5.68. The fraction of sp³-hybridized carbons (Fsp3) is 0.545. The van der Waals surface area contributed by atoms with Crippen LogP contribution in [0.4, 0.5) is 0 Å². The van der Waals surface area contributed by atoms with Gasteiger partial charge >= 0.3 is 0 Å². The van der Waals surface area contributed by atoms with Crippen molar-refractivity contribution in [3.05, 3.63) is 28.0 Å². The Labute approximate surface area is 110 Å². The van der Waals surface area contributed by atoms with E-state index in [1.165, 1.54) is 4.88 Å². The van der Waals surface area contributed by atoms with Gasteiger partial charge in [0, 0.05) is 36.9 Å². The van der Waals surface area contributed by atoms with Crippen molar-refractivity contribution >= 4 is 11.3 Å². The van der Waals surface area contributed by atoms with Crippen molar-refractivity contribution in [3.63, 3.8) is 0 Å². The van der Waals surface area contributed by atoms with Crippen LogP contribution in [0, 0.1) is 0 Å². The van der Waals surface area contributed by atoms with E-state index < -0.39 is 0 Å². The van der Waals surface area contributed by atoms with Crippen LogP contribution in [0.1, 0.15) is 22.5 Å². The van der Waals surface area contributed by atoms with Crippen molar-refractivity contribution in [1.29, 1.82) is 0 Å². The maximum atomic E-state index is 5.47. The zero-order valence-corrected chi connectivity index (χ0v) is 11.3. The van der Waals surface area contributed by atoms with Crippen molar-refractivity contribution in [2.24, 2.45) is 5.73 Å². The molecule has 2 rings (SSSR count). The monoisotopic (exact) mass is 266 g/mol. The summed E-state index contributed by atoms with van der Waals surface area (Å²) in [6.07, 6.45) is 4.88. The second-order valence-corrected chi connectivity index (χ2v) is 5.13. The van der Waals surface area contributed by atoms with Gasteiger partial charge in [-0.05, 0) is 6.42 Å². The molecule has 18 heavy (non-hydrogen) atoms. The third kappa shape index (κ3) is 3.59. The Morgan fingerprint density at radius 1 is 1.50 bits per heavy atom. The third-order valence-corrected chi connectivity index (χ3v) is 3.68. The average Bonchev–Trinajstić information content (AvgIpc) is 3.03. The van der Waals surface area contributed by atoms with Crippen molar-refractivity contribution in [2.45, 2.75) is 33.0 Å². The van der Waals surface area contributed by atoms with E-state index >= 15 is 0 Å². The number of hydrogen-bond donors (Lipinski definition) is 2. The SMILES string of the molecule is CCc1cnc(CNCCn2cc(CN)nn2)s1. The van der Waals surface area contributed by atoms with E-state index in [-0.39, 0.29) is 0 Å². The number of aryl methyl sites for hydroxylation is 1. The number of aromatic nitrogens is 4. The summed E-state index contributed by atoms with van der Waals surface area (Å²) in [5.74, 6) is 0. The molecular formula is C11H18N6S. The first-order valence-corrected chi connectivity index (χ1v) is 6.87. The first-order chi connectivity index (χ1) is 8.81. The number of rotatable bonds is 7. The quantitative estimate of drug-likeness (QED) is 0.715. The zero-order chi connectivity index (χ0) is 12.8. The maximum Gasteiger partial charge on any atom is 0.107 e. The van der Waals surface area contributed by atoms with Crippen LogP contribution in [-0.4, -0.2) is 26.5 Å². The molecule has 6 nitrogen and oxygen atoms in total. The smallest absolute Gasteiger partial charge is 0.107 e. The van der Waals surface area contributed by atoms with Crippen molar-refractivity contribution in [3.8, 4) is 0 Å². The Morgan fingerprint density at radius 3 is 3.06 bits per heavy atom. The topological polar surface area (TPSA) is 81.7 Å². The van der Waals surface area contributed by atoms with E-state index in [0.29, 0.717) is 6.54 Å². The van der Waals surface area contributed by atoms with Crippen LogP contribution in [0.25, 0.3) is 0 Å². The van der Waals surface area contributed by atoms with Crippen LogP contribution in [0.15, 0.2) is 12.4 Å². The summed E-state index contributed by atoms with van der Waals surface area (Å²) in [5, 5.41) is 12.4. The Morgan fingerprint density at radius 2 is 2.39 bits per heavy atom. The highest BCUT2D eigenvalue weighted by molar-refractivity contribution is 7.11. The molecule has 0 saturated heterocycles. The molecule has 2 aromatic rings. The molecule has 0 atom stereocenters. The Balaban J connectivity index is 1.69. The normalized spacial score (nSPS) is 11.0. The van der Waals surface area contributed by atoms with Crippen LogP contribution in [0.2, 0.25) is 0 Å². The van der Waals surface area contributed by atoms with E-state index in [4.69, 9.17) is 5.73 Å². The van der Waals surface area contributed by atoms with Gasteiger partial charge in [-0.25, -0.2) is 4.98 Å². The number of hydrogen-bond acceptors (Lipinski definition) is 6. The van der Waals surface area contributed by atoms with Gasteiger partial charge < -0.3 is 11.1 Å². The Hall–Kier alpha value is -1.31. The average molecular weight is 266 g/mol. The summed E-state index contributed by atoms with van der Waals surface area (Å²) in [6.45, 7) is 5.02. The number of thiazole rings is 1. The van der Waals surface area contributed by atoms with Gasteiger partial charge in [0.1, 0.15) is 5.01 Å². The minimum Gasteiger partial charge on any atom is -0.325 e. The maximum absolute atomic E-state index is 5.47. The van der Waals surface area contributed by atoms with Gasteiger partial charge in [-0.1, -0.05) is 12.1 Å². The van der Waals surface area contributed by atoms with E-state index in [9.17, 15) is 0 Å². The van der Waals surface area contributed by atoms with Gasteiger partial charge in [-0.15, -0.1) is 16.4 Å². The van der Waals surface area contributed by atoms with Gasteiger partial charge in [0.05, 0.1) is 12.2 Å². The highest BCUT2D eigenvalue weighted by Gasteiger charge is 2.01. The van der Waals surface area contributed by atoms with E-state index in [1.807, 2.05) is 12.4 Å². The lowest BCUT2D eigenvalue weighted by Gasteiger charge is -2.01. The molecule has 0 spiro atoms. The molecule has 0 aliphatic heterocycles. The van der Waals surface area contributed by atoms with Crippen molar-refractivity contribution < 1.29 is 0 Å². The van der Waals surface area contributed by atoms with E-state index in [1.54, 1.807) is 16.0 Å². The molecule has 0 aromatic carbocycles. The molecule has 2 aromatic heterocycles. The summed E-state index contributed by atoms with van der Waals surface area (Å²) in [7, 11) is 0. The molecular weight excluding hydrogens is 248 g/mol. The van der Waals surface area contributed by atoms with Gasteiger partial charge in [0.25, 0.3) is 0 Å². The highest BCUT2D eigenvalue weighted by atomic mass is 32.1. The molecule has 0 unspecified atom stereocenters. The van der Waals surface area contributed by atoms with Crippen molar-refractivity contribution in [2.75, 3.05) is 6.54 Å². The van der Waals surface area contributed by atoms with E-state index in [2.05, 4.69) is 27.5 Å². The Bertz CT molecular complexity index is 433. The molecule has 2 heterocycles. The standard InChI is InChI=1S/C11H18N6S/c1-2-10-6-14-11(18-10)7-13-3-4-17-8-9(5-12)15-16-17/h6,8,13H,2-5,7,12H2,1H3. The van der Waals surface area contributed by atoms with Gasteiger partial charge in [-0.2, -0.15) is 0 Å². The first-order valence-electron chi connectivity index (χ1n) is 6.05. The lowest BCUT2D eigenvalue weighted by atomic mass is 10.4. The zero-order valence-electron chi connectivity index (χ0n) is 10.5. The molecule has 98 valence electrons. The molecule has 0 aliphatic carbocycles. The number of nitrogens with two attached hydrogens (primary N) is 1. The minimum atomic E-state index is 0.437. The van der Waals surface area contributed by atoms with Crippen LogP contribution < -0.4 is 11.1 Å². The number of nitrogens with one attached hydrogen (secondary N) is 1.